The Hall–Kier alpha value is -3.21. The second-order valence-electron chi connectivity index (χ2n) is 7.03. The molecule has 6 nitrogen and oxygen atoms in total. The van der Waals surface area contributed by atoms with Gasteiger partial charge >= 0.3 is 6.61 Å². The molecule has 11 heteroatoms. The number of nitrogens with zero attached hydrogens (tertiary/aromatic N) is 2. The summed E-state index contributed by atoms with van der Waals surface area (Å²) < 4.78 is 35.1. The van der Waals surface area contributed by atoms with Gasteiger partial charge in [0.25, 0.3) is 5.91 Å². The van der Waals surface area contributed by atoms with Crippen LogP contribution in [0.25, 0.3) is 6.08 Å². The minimum atomic E-state index is -2.96. The van der Waals surface area contributed by atoms with Crippen LogP contribution in [-0.4, -0.2) is 36.3 Å². The van der Waals surface area contributed by atoms with Crippen LogP contribution >= 0.6 is 34.7 Å². The first-order valence-electron chi connectivity index (χ1n) is 10.1. The van der Waals surface area contributed by atoms with Crippen LogP contribution in [0.5, 0.6) is 11.5 Å². The molecule has 0 unspecified atom stereocenters. The number of carbonyl (C=O) groups excluding carboxylic acids is 2. The molecule has 35 heavy (non-hydrogen) atoms. The Morgan fingerprint density at radius 3 is 2.40 bits per heavy atom. The molecule has 2 aromatic carbocycles. The van der Waals surface area contributed by atoms with Gasteiger partial charge in [0, 0.05) is 0 Å². The number of thiophene rings is 1. The zero-order chi connectivity index (χ0) is 24.9. The van der Waals surface area contributed by atoms with Crippen molar-refractivity contribution in [2.24, 2.45) is 4.99 Å². The Morgan fingerprint density at radius 1 is 1.11 bits per heavy atom. The van der Waals surface area contributed by atoms with Gasteiger partial charge in [-0.25, -0.2) is 4.99 Å². The fourth-order valence-corrected chi connectivity index (χ4v) is 5.09. The number of hydrogen-bond donors (Lipinski definition) is 0. The van der Waals surface area contributed by atoms with Crippen molar-refractivity contribution in [3.63, 3.8) is 0 Å². The molecule has 0 saturated heterocycles. The third-order valence-electron chi connectivity index (χ3n) is 4.75. The largest absolute Gasteiger partial charge is 0.497 e. The van der Waals surface area contributed by atoms with Gasteiger partial charge in [-0.1, -0.05) is 35.5 Å². The van der Waals surface area contributed by atoms with E-state index in [-0.39, 0.29) is 28.2 Å². The molecule has 0 fully saturated rings. The van der Waals surface area contributed by atoms with Crippen molar-refractivity contribution in [1.82, 2.24) is 0 Å². The van der Waals surface area contributed by atoms with Crippen molar-refractivity contribution in [3.8, 4) is 11.5 Å². The van der Waals surface area contributed by atoms with Crippen LogP contribution in [-0.2, 0) is 4.79 Å². The Balaban J connectivity index is 1.61. The van der Waals surface area contributed by atoms with Crippen molar-refractivity contribution in [1.29, 1.82) is 0 Å². The molecule has 0 saturated carbocycles. The van der Waals surface area contributed by atoms with E-state index in [4.69, 9.17) is 16.3 Å². The first-order valence-corrected chi connectivity index (χ1v) is 12.3. The summed E-state index contributed by atoms with van der Waals surface area (Å²) in [7, 11) is 1.56. The average Bonchev–Trinajstić information content (AvgIpc) is 3.41. The Kier molecular flexibility index (Phi) is 7.84. The minimum absolute atomic E-state index is 0.0296. The summed E-state index contributed by atoms with van der Waals surface area (Å²) in [6, 6.07) is 16.0. The number of methoxy groups -OCH3 is 1. The van der Waals surface area contributed by atoms with Gasteiger partial charge in [0.1, 0.15) is 17.2 Å². The zero-order valence-electron chi connectivity index (χ0n) is 18.1. The smallest absolute Gasteiger partial charge is 0.387 e. The number of ether oxygens (including phenoxy) is 2. The fourth-order valence-electron chi connectivity index (χ4n) is 3.12. The highest BCUT2D eigenvalue weighted by atomic mass is 35.5. The number of alkyl halides is 2. The van der Waals surface area contributed by atoms with E-state index in [1.807, 2.05) is 0 Å². The van der Waals surface area contributed by atoms with Crippen molar-refractivity contribution in [3.05, 3.63) is 81.1 Å². The molecule has 4 rings (SSSR count). The standard InChI is InChI=1S/C24H17ClF2N2O4S2/c1-32-16-6-2-14(3-7-16)12-18-22(31)29(15-4-8-17(9-5-15)33-23(26)27)24(28-18)34-13-19(30)20-10-11-21(25)35-20/h2-12,23H,13H2,1H3/b18-12-. The third kappa shape index (κ3) is 6.08. The van der Waals surface area contributed by atoms with E-state index >= 15 is 0 Å². The second-order valence-corrected chi connectivity index (χ2v) is 9.68. The van der Waals surface area contributed by atoms with Crippen LogP contribution in [0.3, 0.4) is 0 Å². The van der Waals surface area contributed by atoms with E-state index in [2.05, 4.69) is 9.73 Å². The van der Waals surface area contributed by atoms with Crippen LogP contribution in [0.2, 0.25) is 4.34 Å². The summed E-state index contributed by atoms with van der Waals surface area (Å²) in [6.07, 6.45) is 1.62. The quantitative estimate of drug-likeness (QED) is 0.248. The van der Waals surface area contributed by atoms with Crippen LogP contribution in [0.4, 0.5) is 14.5 Å². The number of carbonyl (C=O) groups is 2. The highest BCUT2D eigenvalue weighted by molar-refractivity contribution is 8.14. The summed E-state index contributed by atoms with van der Waals surface area (Å²) in [5, 5.41) is 0.285. The van der Waals surface area contributed by atoms with E-state index < -0.39 is 12.5 Å². The van der Waals surface area contributed by atoms with Crippen LogP contribution in [0, 0.1) is 0 Å². The average molecular weight is 535 g/mol. The fraction of sp³-hybridized carbons (Fsp3) is 0.125. The normalized spacial score (nSPS) is 14.5. The minimum Gasteiger partial charge on any atom is -0.497 e. The highest BCUT2D eigenvalue weighted by Gasteiger charge is 2.32. The predicted octanol–water partition coefficient (Wildman–Crippen LogP) is 6.37. The molecule has 0 bridgehead atoms. The third-order valence-corrected chi connectivity index (χ3v) is 6.96. The SMILES string of the molecule is COc1ccc(/C=C2\N=C(SCC(=O)c3ccc(Cl)s3)N(c3ccc(OC(F)F)cc3)C2=O)cc1. The number of thioether (sulfide) groups is 1. The Bertz CT molecular complexity index is 1290. The molecule has 1 aliphatic heterocycles. The number of Topliss-reactive ketones (excluding diaryl/α,β-unsaturated/α-hetero) is 1. The number of ketones is 1. The Labute approximate surface area is 212 Å². The highest BCUT2D eigenvalue weighted by Crippen LogP contribution is 2.32. The molecule has 1 amide bonds. The lowest BCUT2D eigenvalue weighted by atomic mass is 10.2. The monoisotopic (exact) mass is 534 g/mol. The van der Waals surface area contributed by atoms with Gasteiger partial charge in [-0.2, -0.15) is 8.78 Å². The maximum absolute atomic E-state index is 13.3. The first-order chi connectivity index (χ1) is 16.8. The van der Waals surface area contributed by atoms with Gasteiger partial charge in [-0.15, -0.1) is 11.3 Å². The molecule has 0 N–H and O–H groups in total. The van der Waals surface area contributed by atoms with E-state index in [0.717, 1.165) is 17.3 Å². The molecule has 0 aliphatic carbocycles. The number of anilines is 1. The first kappa shape index (κ1) is 24.9. The van der Waals surface area contributed by atoms with Crippen molar-refractivity contribution in [2.45, 2.75) is 6.61 Å². The van der Waals surface area contributed by atoms with Gasteiger partial charge in [0.15, 0.2) is 11.0 Å². The van der Waals surface area contributed by atoms with E-state index in [1.54, 1.807) is 49.6 Å². The lowest BCUT2D eigenvalue weighted by molar-refractivity contribution is -0.113. The number of rotatable bonds is 8. The molecular formula is C24H17ClF2N2O4S2. The van der Waals surface area contributed by atoms with Gasteiger partial charge in [-0.3, -0.25) is 14.5 Å². The topological polar surface area (TPSA) is 68.2 Å². The van der Waals surface area contributed by atoms with E-state index in [9.17, 15) is 18.4 Å². The lowest BCUT2D eigenvalue weighted by Crippen LogP contribution is -2.30. The lowest BCUT2D eigenvalue weighted by Gasteiger charge is -2.18. The molecule has 1 aromatic heterocycles. The van der Waals surface area contributed by atoms with Crippen LogP contribution < -0.4 is 14.4 Å². The van der Waals surface area contributed by atoms with Gasteiger partial charge in [0.05, 0.1) is 27.8 Å². The summed E-state index contributed by atoms with van der Waals surface area (Å²) in [6.45, 7) is -2.96. The number of halogens is 3. The number of amidine groups is 1. The van der Waals surface area contributed by atoms with E-state index in [0.29, 0.717) is 20.7 Å². The van der Waals surface area contributed by atoms with Crippen molar-refractivity contribution >= 4 is 63.3 Å². The number of benzene rings is 2. The number of aliphatic imine (C=N–C) groups is 1. The molecule has 2 heterocycles. The Morgan fingerprint density at radius 2 is 1.80 bits per heavy atom. The van der Waals surface area contributed by atoms with Gasteiger partial charge in [0.2, 0.25) is 0 Å². The van der Waals surface area contributed by atoms with Gasteiger partial charge < -0.3 is 9.47 Å². The van der Waals surface area contributed by atoms with Crippen LogP contribution in [0.1, 0.15) is 15.2 Å². The summed E-state index contributed by atoms with van der Waals surface area (Å²) in [5.74, 6) is 0.0829. The summed E-state index contributed by atoms with van der Waals surface area (Å²) in [5.41, 5.74) is 1.29. The summed E-state index contributed by atoms with van der Waals surface area (Å²) >= 11 is 8.19. The molecule has 3 aromatic rings. The molecule has 180 valence electrons. The molecule has 0 atom stereocenters. The predicted molar refractivity (Wildman–Crippen MR) is 135 cm³/mol. The van der Waals surface area contributed by atoms with E-state index in [1.165, 1.54) is 40.5 Å². The van der Waals surface area contributed by atoms with Crippen LogP contribution in [0.15, 0.2) is 71.4 Å². The van der Waals surface area contributed by atoms with Crippen molar-refractivity contribution < 1.29 is 27.8 Å². The zero-order valence-corrected chi connectivity index (χ0v) is 20.5. The molecular weight excluding hydrogens is 518 g/mol. The maximum Gasteiger partial charge on any atom is 0.387 e. The van der Waals surface area contributed by atoms with Crippen molar-refractivity contribution in [2.75, 3.05) is 17.8 Å². The number of hydrogen-bond acceptors (Lipinski definition) is 7. The number of amides is 1. The molecule has 0 spiro atoms. The summed E-state index contributed by atoms with van der Waals surface area (Å²) in [4.78, 5) is 32.2. The maximum atomic E-state index is 13.3. The molecule has 0 radical (unpaired) electrons. The second kappa shape index (κ2) is 11.0. The molecule has 1 aliphatic rings. The van der Waals surface area contributed by atoms with Gasteiger partial charge in [-0.05, 0) is 60.2 Å².